The van der Waals surface area contributed by atoms with Gasteiger partial charge in [-0.25, -0.2) is 5.11 Å². The highest BCUT2D eigenvalue weighted by Gasteiger charge is 2.05. The lowest BCUT2D eigenvalue weighted by molar-refractivity contribution is 0.198. The lowest BCUT2D eigenvalue weighted by atomic mass is 9.99. The summed E-state index contributed by atoms with van der Waals surface area (Å²) in [4.78, 5) is 0. The minimum absolute atomic E-state index is 0.0181. The zero-order valence-electron chi connectivity index (χ0n) is 7.44. The molecule has 0 bridgehead atoms. The Balaban J connectivity index is 3.27. The molecule has 0 fully saturated rings. The van der Waals surface area contributed by atoms with Crippen molar-refractivity contribution in [2.24, 2.45) is 0 Å². The van der Waals surface area contributed by atoms with Crippen molar-refractivity contribution in [3.05, 3.63) is 18.6 Å². The smallest absolute Gasteiger partial charge is 0.0887 e. The molecular weight excluding hydrogens is 136 g/mol. The summed E-state index contributed by atoms with van der Waals surface area (Å²) < 4.78 is 0. The first kappa shape index (κ1) is 10.7. The van der Waals surface area contributed by atoms with E-state index in [2.05, 4.69) is 13.5 Å². The SMILES string of the molecule is C=CC[C](C[O])CCCCC. The molecule has 0 N–H and O–H groups in total. The molecule has 0 saturated carbocycles. The molecule has 0 rings (SSSR count). The van der Waals surface area contributed by atoms with Crippen molar-refractivity contribution in [1.82, 2.24) is 0 Å². The topological polar surface area (TPSA) is 19.9 Å². The average molecular weight is 154 g/mol. The predicted molar refractivity (Wildman–Crippen MR) is 47.8 cm³/mol. The molecule has 1 nitrogen and oxygen atoms in total. The molecule has 1 heteroatoms. The largest absolute Gasteiger partial charge is 0.236 e. The zero-order valence-corrected chi connectivity index (χ0v) is 7.44. The Morgan fingerprint density at radius 2 is 2.18 bits per heavy atom. The van der Waals surface area contributed by atoms with Crippen LogP contribution in [0.25, 0.3) is 0 Å². The van der Waals surface area contributed by atoms with Gasteiger partial charge >= 0.3 is 0 Å². The second kappa shape index (κ2) is 7.80. The number of allylic oxidation sites excluding steroid dienone is 1. The molecular formula is C10H18O. The molecule has 0 spiro atoms. The Kier molecular flexibility index (Phi) is 7.59. The maximum absolute atomic E-state index is 10.5. The number of hydrogen-bond acceptors (Lipinski definition) is 0. The van der Waals surface area contributed by atoms with Gasteiger partial charge in [-0.3, -0.25) is 0 Å². The Hall–Kier alpha value is -0.300. The fraction of sp³-hybridized carbons (Fsp3) is 0.700. The highest BCUT2D eigenvalue weighted by molar-refractivity contribution is 4.94. The Morgan fingerprint density at radius 1 is 1.45 bits per heavy atom. The van der Waals surface area contributed by atoms with Crippen molar-refractivity contribution < 1.29 is 5.11 Å². The number of hydrogen-bond donors (Lipinski definition) is 0. The van der Waals surface area contributed by atoms with Crippen LogP contribution in [0.2, 0.25) is 0 Å². The monoisotopic (exact) mass is 154 g/mol. The molecule has 0 heterocycles. The molecule has 0 aromatic heterocycles. The summed E-state index contributed by atoms with van der Waals surface area (Å²) in [5, 5.41) is 10.5. The summed E-state index contributed by atoms with van der Waals surface area (Å²) in [6, 6.07) is 0. The van der Waals surface area contributed by atoms with Gasteiger partial charge in [-0.15, -0.1) is 6.58 Å². The molecule has 11 heavy (non-hydrogen) atoms. The quantitative estimate of drug-likeness (QED) is 0.396. The van der Waals surface area contributed by atoms with Gasteiger partial charge < -0.3 is 0 Å². The van der Waals surface area contributed by atoms with Crippen LogP contribution in [-0.2, 0) is 5.11 Å². The van der Waals surface area contributed by atoms with Crippen LogP contribution in [0, 0.1) is 5.92 Å². The van der Waals surface area contributed by atoms with E-state index < -0.39 is 0 Å². The third kappa shape index (κ3) is 6.11. The molecule has 0 unspecified atom stereocenters. The van der Waals surface area contributed by atoms with Gasteiger partial charge in [-0.1, -0.05) is 32.3 Å². The van der Waals surface area contributed by atoms with E-state index >= 15 is 0 Å². The molecule has 0 atom stereocenters. The first-order chi connectivity index (χ1) is 5.35. The van der Waals surface area contributed by atoms with Crippen molar-refractivity contribution in [2.75, 3.05) is 6.61 Å². The van der Waals surface area contributed by atoms with Crippen LogP contribution in [0.1, 0.15) is 39.0 Å². The van der Waals surface area contributed by atoms with E-state index in [0.717, 1.165) is 18.8 Å². The summed E-state index contributed by atoms with van der Waals surface area (Å²) in [6.45, 7) is 5.77. The van der Waals surface area contributed by atoms with Crippen LogP contribution in [0.4, 0.5) is 0 Å². The van der Waals surface area contributed by atoms with Gasteiger partial charge in [0.25, 0.3) is 0 Å². The van der Waals surface area contributed by atoms with E-state index in [0.29, 0.717) is 0 Å². The Morgan fingerprint density at radius 3 is 2.64 bits per heavy atom. The zero-order chi connectivity index (χ0) is 8.53. The first-order valence-corrected chi connectivity index (χ1v) is 4.37. The molecule has 0 aliphatic rings. The lowest BCUT2D eigenvalue weighted by Gasteiger charge is -2.08. The lowest BCUT2D eigenvalue weighted by Crippen LogP contribution is -2.00. The summed E-state index contributed by atoms with van der Waals surface area (Å²) in [5.74, 6) is 1.11. The maximum Gasteiger partial charge on any atom is 0.0887 e. The minimum Gasteiger partial charge on any atom is -0.236 e. The van der Waals surface area contributed by atoms with Crippen molar-refractivity contribution in [3.63, 3.8) is 0 Å². The van der Waals surface area contributed by atoms with Gasteiger partial charge in [0.05, 0.1) is 6.61 Å². The van der Waals surface area contributed by atoms with E-state index in [9.17, 15) is 5.11 Å². The van der Waals surface area contributed by atoms with Crippen LogP contribution >= 0.6 is 0 Å². The van der Waals surface area contributed by atoms with Crippen LogP contribution in [0.3, 0.4) is 0 Å². The third-order valence-electron chi connectivity index (χ3n) is 1.77. The third-order valence-corrected chi connectivity index (χ3v) is 1.77. The van der Waals surface area contributed by atoms with Gasteiger partial charge in [0.1, 0.15) is 0 Å². The highest BCUT2D eigenvalue weighted by Crippen LogP contribution is 2.15. The molecule has 0 aliphatic heterocycles. The minimum atomic E-state index is -0.0181. The van der Waals surface area contributed by atoms with Crippen LogP contribution in [0.5, 0.6) is 0 Å². The van der Waals surface area contributed by atoms with Crippen LogP contribution in [0.15, 0.2) is 12.7 Å². The van der Waals surface area contributed by atoms with Gasteiger partial charge in [0.15, 0.2) is 0 Å². The maximum atomic E-state index is 10.5. The molecule has 0 aromatic rings. The first-order valence-electron chi connectivity index (χ1n) is 4.37. The number of rotatable bonds is 7. The summed E-state index contributed by atoms with van der Waals surface area (Å²) in [5.41, 5.74) is 0. The van der Waals surface area contributed by atoms with Crippen molar-refractivity contribution in [1.29, 1.82) is 0 Å². The van der Waals surface area contributed by atoms with Crippen LogP contribution < -0.4 is 0 Å². The molecule has 64 valence electrons. The summed E-state index contributed by atoms with van der Waals surface area (Å²) >= 11 is 0. The Bertz CT molecular complexity index is 88.9. The summed E-state index contributed by atoms with van der Waals surface area (Å²) in [6.07, 6.45) is 7.26. The van der Waals surface area contributed by atoms with Crippen molar-refractivity contribution >= 4 is 0 Å². The fourth-order valence-corrected chi connectivity index (χ4v) is 1.06. The van der Waals surface area contributed by atoms with E-state index in [4.69, 9.17) is 0 Å². The fourth-order valence-electron chi connectivity index (χ4n) is 1.06. The van der Waals surface area contributed by atoms with E-state index in [1.807, 2.05) is 6.08 Å². The Labute approximate surface area is 70.1 Å². The van der Waals surface area contributed by atoms with E-state index in [1.54, 1.807) is 0 Å². The molecule has 0 aromatic carbocycles. The molecule has 0 saturated heterocycles. The van der Waals surface area contributed by atoms with E-state index in [1.165, 1.54) is 19.3 Å². The normalized spacial score (nSPS) is 10.5. The molecule has 0 amide bonds. The second-order valence-corrected chi connectivity index (χ2v) is 2.84. The molecule has 2 radical (unpaired) electrons. The number of unbranched alkanes of at least 4 members (excludes halogenated alkanes) is 2. The highest BCUT2D eigenvalue weighted by atomic mass is 16.3. The van der Waals surface area contributed by atoms with Gasteiger partial charge in [0, 0.05) is 5.92 Å². The average Bonchev–Trinajstić information content (AvgIpc) is 2.03. The van der Waals surface area contributed by atoms with Crippen molar-refractivity contribution in [3.8, 4) is 0 Å². The second-order valence-electron chi connectivity index (χ2n) is 2.84. The standard InChI is InChI=1S/C10H18O/c1-3-5-6-8-10(9-11)7-4-2/h4H,2-3,5-9H2,1H3. The van der Waals surface area contributed by atoms with Gasteiger partial charge in [-0.05, 0) is 12.8 Å². The van der Waals surface area contributed by atoms with Gasteiger partial charge in [0.2, 0.25) is 0 Å². The van der Waals surface area contributed by atoms with Crippen LogP contribution in [-0.4, -0.2) is 6.61 Å². The van der Waals surface area contributed by atoms with Gasteiger partial charge in [-0.2, -0.15) is 0 Å². The van der Waals surface area contributed by atoms with E-state index in [-0.39, 0.29) is 6.61 Å². The molecule has 0 aliphatic carbocycles. The predicted octanol–water partition coefficient (Wildman–Crippen LogP) is 3.15. The summed E-state index contributed by atoms with van der Waals surface area (Å²) in [7, 11) is 0. The van der Waals surface area contributed by atoms with Crippen molar-refractivity contribution in [2.45, 2.75) is 39.0 Å².